The summed E-state index contributed by atoms with van der Waals surface area (Å²) < 4.78 is 6.45. The Labute approximate surface area is 108 Å². The molecule has 2 aromatic heterocycles. The maximum atomic E-state index is 11.0. The van der Waals surface area contributed by atoms with E-state index in [9.17, 15) is 4.79 Å². The second-order valence-electron chi connectivity index (χ2n) is 3.84. The smallest absolute Gasteiger partial charge is 0.358 e. The topological polar surface area (TPSA) is 133 Å². The predicted octanol–water partition coefficient (Wildman–Crippen LogP) is -0.529. The van der Waals surface area contributed by atoms with Crippen LogP contribution in [-0.4, -0.2) is 42.8 Å². The van der Waals surface area contributed by atoms with Gasteiger partial charge in [0.15, 0.2) is 11.5 Å². The zero-order valence-electron chi connectivity index (χ0n) is 10.4. The minimum Gasteiger partial charge on any atom is -0.476 e. The number of rotatable bonds is 6. The van der Waals surface area contributed by atoms with Crippen LogP contribution in [0.4, 0.5) is 0 Å². The van der Waals surface area contributed by atoms with Gasteiger partial charge in [0.25, 0.3) is 0 Å². The van der Waals surface area contributed by atoms with Crippen LogP contribution in [0.1, 0.15) is 34.8 Å². The summed E-state index contributed by atoms with van der Waals surface area (Å²) in [6.45, 7) is 2.40. The Hall–Kier alpha value is -2.29. The van der Waals surface area contributed by atoms with E-state index in [1.54, 1.807) is 0 Å². The highest BCUT2D eigenvalue weighted by atomic mass is 16.5. The molecule has 0 saturated carbocycles. The van der Waals surface area contributed by atoms with Crippen molar-refractivity contribution in [3.05, 3.63) is 23.1 Å². The first kappa shape index (κ1) is 13.1. The molecule has 0 fully saturated rings. The van der Waals surface area contributed by atoms with E-state index < -0.39 is 5.97 Å². The lowest BCUT2D eigenvalue weighted by Crippen LogP contribution is -2.14. The van der Waals surface area contributed by atoms with Gasteiger partial charge in [0.2, 0.25) is 5.89 Å². The summed E-state index contributed by atoms with van der Waals surface area (Å²) in [5.74, 6) is -0.180. The van der Waals surface area contributed by atoms with Crippen LogP contribution in [0.25, 0.3) is 0 Å². The van der Waals surface area contributed by atoms with E-state index in [0.29, 0.717) is 36.8 Å². The number of aryl methyl sites for hydroxylation is 1. The Morgan fingerprint density at radius 3 is 2.89 bits per heavy atom. The number of nitrogens with two attached hydrogens (primary N) is 1. The Kier molecular flexibility index (Phi) is 3.85. The highest BCUT2D eigenvalue weighted by Crippen LogP contribution is 2.09. The van der Waals surface area contributed by atoms with Gasteiger partial charge in [0.1, 0.15) is 6.54 Å². The number of nitrogens with zero attached hydrogens (tertiary/aromatic N) is 5. The van der Waals surface area contributed by atoms with E-state index in [1.165, 1.54) is 4.68 Å². The molecule has 0 amide bonds. The lowest BCUT2D eigenvalue weighted by atomic mass is 10.2. The normalized spacial score (nSPS) is 10.8. The Morgan fingerprint density at radius 1 is 1.53 bits per heavy atom. The third kappa shape index (κ3) is 2.76. The maximum Gasteiger partial charge on any atom is 0.358 e. The highest BCUT2D eigenvalue weighted by Gasteiger charge is 2.19. The van der Waals surface area contributed by atoms with Crippen molar-refractivity contribution in [3.63, 3.8) is 0 Å². The third-order valence-electron chi connectivity index (χ3n) is 2.53. The number of aromatic nitrogens is 5. The van der Waals surface area contributed by atoms with Crippen molar-refractivity contribution in [2.75, 3.05) is 6.54 Å². The van der Waals surface area contributed by atoms with Gasteiger partial charge in [-0.15, -0.1) is 5.10 Å². The summed E-state index contributed by atoms with van der Waals surface area (Å²) in [5.41, 5.74) is 5.82. The second kappa shape index (κ2) is 5.57. The van der Waals surface area contributed by atoms with E-state index in [-0.39, 0.29) is 12.2 Å². The van der Waals surface area contributed by atoms with Gasteiger partial charge in [-0.05, 0) is 6.54 Å². The van der Waals surface area contributed by atoms with Crippen LogP contribution in [0.5, 0.6) is 0 Å². The van der Waals surface area contributed by atoms with Crippen LogP contribution in [0.3, 0.4) is 0 Å². The molecule has 0 atom stereocenters. The second-order valence-corrected chi connectivity index (χ2v) is 3.84. The van der Waals surface area contributed by atoms with Crippen molar-refractivity contribution in [1.29, 1.82) is 0 Å². The molecule has 0 spiro atoms. The van der Waals surface area contributed by atoms with Crippen LogP contribution in [0, 0.1) is 0 Å². The number of hydrogen-bond donors (Lipinski definition) is 2. The third-order valence-corrected chi connectivity index (χ3v) is 2.53. The van der Waals surface area contributed by atoms with Gasteiger partial charge in [-0.3, -0.25) is 0 Å². The van der Waals surface area contributed by atoms with Crippen molar-refractivity contribution >= 4 is 5.97 Å². The molecule has 9 heteroatoms. The molecule has 0 aromatic carbocycles. The minimum absolute atomic E-state index is 0.0966. The molecule has 3 N–H and O–H groups in total. The first-order valence-electron chi connectivity index (χ1n) is 5.82. The average molecular weight is 266 g/mol. The van der Waals surface area contributed by atoms with Crippen molar-refractivity contribution < 1.29 is 14.4 Å². The zero-order chi connectivity index (χ0) is 13.8. The SMILES string of the molecule is CCc1noc(Cn2nnc(C(=O)O)c2CCN)n1. The maximum absolute atomic E-state index is 11.0. The number of aromatic carboxylic acids is 1. The van der Waals surface area contributed by atoms with Crippen LogP contribution in [0.15, 0.2) is 4.52 Å². The molecule has 0 unspecified atom stereocenters. The van der Waals surface area contributed by atoms with Gasteiger partial charge in [-0.25, -0.2) is 9.48 Å². The fourth-order valence-corrected chi connectivity index (χ4v) is 1.64. The summed E-state index contributed by atoms with van der Waals surface area (Å²) >= 11 is 0. The lowest BCUT2D eigenvalue weighted by molar-refractivity contribution is 0.0689. The molecular weight excluding hydrogens is 252 g/mol. The van der Waals surface area contributed by atoms with Crippen molar-refractivity contribution in [2.24, 2.45) is 5.73 Å². The molecule has 0 aliphatic rings. The molecule has 102 valence electrons. The molecule has 0 aliphatic heterocycles. The predicted molar refractivity (Wildman–Crippen MR) is 62.5 cm³/mol. The molecule has 2 heterocycles. The quantitative estimate of drug-likeness (QED) is 0.712. The van der Waals surface area contributed by atoms with E-state index in [0.717, 1.165) is 0 Å². The minimum atomic E-state index is -1.13. The number of carbonyl (C=O) groups is 1. The highest BCUT2D eigenvalue weighted by molar-refractivity contribution is 5.86. The Balaban J connectivity index is 2.26. The molecule has 0 saturated heterocycles. The number of carboxylic acid groups (broad SMARTS) is 1. The largest absolute Gasteiger partial charge is 0.476 e. The van der Waals surface area contributed by atoms with E-state index in [2.05, 4.69) is 20.5 Å². The van der Waals surface area contributed by atoms with E-state index in [1.807, 2.05) is 6.92 Å². The van der Waals surface area contributed by atoms with Gasteiger partial charge in [0, 0.05) is 12.8 Å². The molecule has 2 aromatic rings. The molecule has 0 aliphatic carbocycles. The summed E-state index contributed by atoms with van der Waals surface area (Å²) in [7, 11) is 0. The standard InChI is InChI=1S/C10H14N6O3/c1-2-7-12-8(19-14-7)5-16-6(3-4-11)9(10(17)18)13-15-16/h2-5,11H2,1H3,(H,17,18). The summed E-state index contributed by atoms with van der Waals surface area (Å²) in [5, 5.41) is 20.2. The van der Waals surface area contributed by atoms with Crippen molar-refractivity contribution in [2.45, 2.75) is 26.3 Å². The Morgan fingerprint density at radius 2 is 2.32 bits per heavy atom. The van der Waals surface area contributed by atoms with E-state index >= 15 is 0 Å². The molecule has 2 rings (SSSR count). The molecule has 19 heavy (non-hydrogen) atoms. The summed E-state index contributed by atoms with van der Waals surface area (Å²) in [6.07, 6.45) is 1.03. The fourth-order valence-electron chi connectivity index (χ4n) is 1.64. The first-order valence-corrected chi connectivity index (χ1v) is 5.82. The average Bonchev–Trinajstić information content (AvgIpc) is 2.98. The number of carboxylic acids is 1. The number of hydrogen-bond acceptors (Lipinski definition) is 7. The monoisotopic (exact) mass is 266 g/mol. The van der Waals surface area contributed by atoms with Crippen LogP contribution in [-0.2, 0) is 19.4 Å². The zero-order valence-corrected chi connectivity index (χ0v) is 10.4. The van der Waals surface area contributed by atoms with Crippen molar-refractivity contribution in [3.8, 4) is 0 Å². The van der Waals surface area contributed by atoms with Gasteiger partial charge in [0.05, 0.1) is 5.69 Å². The summed E-state index contributed by atoms with van der Waals surface area (Å²) in [6, 6.07) is 0. The van der Waals surface area contributed by atoms with Gasteiger partial charge in [-0.2, -0.15) is 4.98 Å². The Bertz CT molecular complexity index is 576. The van der Waals surface area contributed by atoms with Crippen LogP contribution >= 0.6 is 0 Å². The molecule has 9 nitrogen and oxygen atoms in total. The van der Waals surface area contributed by atoms with Gasteiger partial charge < -0.3 is 15.4 Å². The van der Waals surface area contributed by atoms with Gasteiger partial charge >= 0.3 is 5.97 Å². The van der Waals surface area contributed by atoms with Crippen molar-refractivity contribution in [1.82, 2.24) is 25.1 Å². The molecular formula is C10H14N6O3. The summed E-state index contributed by atoms with van der Waals surface area (Å²) in [4.78, 5) is 15.1. The lowest BCUT2D eigenvalue weighted by Gasteiger charge is -2.02. The van der Waals surface area contributed by atoms with Gasteiger partial charge in [-0.1, -0.05) is 17.3 Å². The van der Waals surface area contributed by atoms with Crippen LogP contribution < -0.4 is 5.73 Å². The van der Waals surface area contributed by atoms with Crippen LogP contribution in [0.2, 0.25) is 0 Å². The first-order chi connectivity index (χ1) is 9.15. The molecule has 0 radical (unpaired) electrons. The van der Waals surface area contributed by atoms with E-state index in [4.69, 9.17) is 15.4 Å². The molecule has 0 bridgehead atoms. The fraction of sp³-hybridized carbons (Fsp3) is 0.500.